The first-order chi connectivity index (χ1) is 21.1. The highest BCUT2D eigenvalue weighted by Crippen LogP contribution is 2.41. The number of aliphatic hydroxyl groups is 1. The summed E-state index contributed by atoms with van der Waals surface area (Å²) in [4.78, 5) is 10.2. The van der Waals surface area contributed by atoms with Crippen LogP contribution in [0.15, 0.2) is 78.9 Å². The van der Waals surface area contributed by atoms with Gasteiger partial charge in [0.2, 0.25) is 15.7 Å². The molecule has 0 heterocycles. The van der Waals surface area contributed by atoms with Gasteiger partial charge in [0.25, 0.3) is 0 Å². The summed E-state index contributed by atoms with van der Waals surface area (Å²) in [6.45, 7) is 8.92. The molecule has 0 spiro atoms. The number of nitrogens with one attached hydrogen (secondary N) is 1. The van der Waals surface area contributed by atoms with E-state index in [9.17, 15) is 14.6 Å². The molecule has 0 saturated heterocycles. The number of hydrogen-bond acceptors (Lipinski definition) is 7. The Bertz CT molecular complexity index is 1240. The Morgan fingerprint density at radius 1 is 0.864 bits per heavy atom. The lowest BCUT2D eigenvalue weighted by atomic mass is 10.1. The second-order valence-electron chi connectivity index (χ2n) is 11.7. The van der Waals surface area contributed by atoms with E-state index >= 15 is 0 Å². The van der Waals surface area contributed by atoms with Gasteiger partial charge in [-0.1, -0.05) is 62.2 Å². The molecular formula is C34H50NO7PSi. The SMILES string of the molecule is CCCC[Si](C)(C)Oc1ccc(OCC(O)CNCCc2ccc(OCP(=O)(O)CCCOCc3ccccc3)cc2)cc1. The molecule has 0 aliphatic heterocycles. The van der Waals surface area contributed by atoms with Crippen molar-refractivity contribution in [3.8, 4) is 17.2 Å². The Balaban J connectivity index is 1.25. The van der Waals surface area contributed by atoms with Crippen LogP contribution in [0.4, 0.5) is 0 Å². The van der Waals surface area contributed by atoms with Crippen molar-refractivity contribution < 1.29 is 33.2 Å². The maximum Gasteiger partial charge on any atom is 0.245 e. The van der Waals surface area contributed by atoms with Crippen LogP contribution < -0.4 is 19.2 Å². The van der Waals surface area contributed by atoms with Crippen molar-refractivity contribution >= 4 is 15.7 Å². The number of benzene rings is 3. The Morgan fingerprint density at radius 2 is 1.52 bits per heavy atom. The lowest BCUT2D eigenvalue weighted by Gasteiger charge is -2.24. The predicted molar refractivity (Wildman–Crippen MR) is 180 cm³/mol. The fourth-order valence-electron chi connectivity index (χ4n) is 4.50. The van der Waals surface area contributed by atoms with Gasteiger partial charge in [-0.3, -0.25) is 4.57 Å². The Labute approximate surface area is 264 Å². The van der Waals surface area contributed by atoms with Crippen LogP contribution >= 0.6 is 7.37 Å². The average Bonchev–Trinajstić information content (AvgIpc) is 3.01. The molecule has 2 atom stereocenters. The molecule has 10 heteroatoms. The van der Waals surface area contributed by atoms with Crippen LogP contribution in [-0.4, -0.2) is 63.2 Å². The topological polar surface area (TPSA) is 106 Å². The van der Waals surface area contributed by atoms with E-state index in [2.05, 4.69) is 25.3 Å². The Morgan fingerprint density at radius 3 is 2.23 bits per heavy atom. The molecule has 242 valence electrons. The Kier molecular flexibility index (Phi) is 15.5. The molecule has 0 aromatic heterocycles. The molecule has 3 rings (SSSR count). The van der Waals surface area contributed by atoms with Crippen LogP contribution in [0.5, 0.6) is 17.2 Å². The minimum atomic E-state index is -3.40. The maximum absolute atomic E-state index is 12.5. The molecule has 3 aromatic carbocycles. The van der Waals surface area contributed by atoms with Gasteiger partial charge >= 0.3 is 0 Å². The largest absolute Gasteiger partial charge is 0.544 e. The molecule has 0 aliphatic rings. The van der Waals surface area contributed by atoms with Crippen LogP contribution in [-0.2, 0) is 22.3 Å². The van der Waals surface area contributed by atoms with Crippen LogP contribution in [0.1, 0.15) is 37.3 Å². The second-order valence-corrected chi connectivity index (χ2v) is 18.4. The summed E-state index contributed by atoms with van der Waals surface area (Å²) in [5.41, 5.74) is 2.18. The third-order valence-corrected chi connectivity index (χ3v) is 10.9. The van der Waals surface area contributed by atoms with Crippen LogP contribution in [0.25, 0.3) is 0 Å². The fraction of sp³-hybridized carbons (Fsp3) is 0.471. The van der Waals surface area contributed by atoms with Crippen LogP contribution in [0.2, 0.25) is 19.1 Å². The fourth-order valence-corrected chi connectivity index (χ4v) is 7.68. The molecule has 2 unspecified atom stereocenters. The van der Waals surface area contributed by atoms with Crippen molar-refractivity contribution in [2.75, 3.05) is 38.8 Å². The lowest BCUT2D eigenvalue weighted by Crippen LogP contribution is -2.33. The van der Waals surface area contributed by atoms with Crippen molar-refractivity contribution in [3.05, 3.63) is 90.0 Å². The van der Waals surface area contributed by atoms with Crippen LogP contribution in [0.3, 0.4) is 0 Å². The zero-order chi connectivity index (χ0) is 31.7. The van der Waals surface area contributed by atoms with Gasteiger partial charge in [-0.2, -0.15) is 0 Å². The van der Waals surface area contributed by atoms with Gasteiger partial charge in [-0.25, -0.2) is 0 Å². The summed E-state index contributed by atoms with van der Waals surface area (Å²) < 4.78 is 35.6. The molecular weight excluding hydrogens is 593 g/mol. The van der Waals surface area contributed by atoms with Crippen molar-refractivity contribution in [2.24, 2.45) is 0 Å². The molecule has 0 saturated carbocycles. The van der Waals surface area contributed by atoms with Crippen molar-refractivity contribution in [2.45, 2.75) is 64.5 Å². The van der Waals surface area contributed by atoms with E-state index in [1.165, 1.54) is 12.8 Å². The average molecular weight is 644 g/mol. The van der Waals surface area contributed by atoms with E-state index < -0.39 is 21.8 Å². The van der Waals surface area contributed by atoms with E-state index in [1.807, 2.05) is 78.9 Å². The van der Waals surface area contributed by atoms with E-state index in [-0.39, 0.29) is 19.1 Å². The number of hydrogen-bond donors (Lipinski definition) is 3. The first-order valence-corrected chi connectivity index (χ1v) is 20.7. The lowest BCUT2D eigenvalue weighted by molar-refractivity contribution is 0.106. The summed E-state index contributed by atoms with van der Waals surface area (Å²) in [6.07, 6.45) is 2.95. The standard InChI is InChI=1S/C34H50NO7PSi/c1-4-5-24-44(2,3)42-34-18-16-32(17-19-34)40-27-31(36)25-35-21-20-29-12-14-33(15-13-29)41-28-43(37,38)23-9-22-39-26-30-10-7-6-8-11-30/h6-8,10-19,31,35-36H,4-5,9,20-28H2,1-3H3,(H,37,38). The zero-order valence-electron chi connectivity index (χ0n) is 26.5. The molecule has 0 amide bonds. The molecule has 0 aliphatic carbocycles. The number of ether oxygens (including phenoxy) is 3. The molecule has 0 radical (unpaired) electrons. The maximum atomic E-state index is 12.5. The quantitative estimate of drug-likeness (QED) is 0.0620. The summed E-state index contributed by atoms with van der Waals surface area (Å²) >= 11 is 0. The summed E-state index contributed by atoms with van der Waals surface area (Å²) in [6, 6.07) is 26.1. The highest BCUT2D eigenvalue weighted by atomic mass is 31.2. The van der Waals surface area contributed by atoms with Gasteiger partial charge in [0.05, 0.1) is 6.61 Å². The molecule has 3 N–H and O–H groups in total. The van der Waals surface area contributed by atoms with Crippen molar-refractivity contribution in [1.82, 2.24) is 5.32 Å². The predicted octanol–water partition coefficient (Wildman–Crippen LogP) is 6.86. The summed E-state index contributed by atoms with van der Waals surface area (Å²) in [5.74, 6) is 2.14. The third-order valence-electron chi connectivity index (χ3n) is 7.03. The van der Waals surface area contributed by atoms with E-state index in [1.54, 1.807) is 0 Å². The highest BCUT2D eigenvalue weighted by Gasteiger charge is 2.23. The summed E-state index contributed by atoms with van der Waals surface area (Å²) in [7, 11) is -5.11. The second kappa shape index (κ2) is 19.0. The molecule has 3 aromatic rings. The van der Waals surface area contributed by atoms with Gasteiger partial charge in [0.1, 0.15) is 30.0 Å². The van der Waals surface area contributed by atoms with Crippen LogP contribution in [0, 0.1) is 0 Å². The normalized spacial score (nSPS) is 13.7. The minimum Gasteiger partial charge on any atom is -0.544 e. The van der Waals surface area contributed by atoms with Gasteiger partial charge in [0.15, 0.2) is 6.35 Å². The number of aliphatic hydroxyl groups excluding tert-OH is 1. The zero-order valence-corrected chi connectivity index (χ0v) is 28.3. The first-order valence-electron chi connectivity index (χ1n) is 15.6. The van der Waals surface area contributed by atoms with Gasteiger partial charge < -0.3 is 34.0 Å². The molecule has 0 bridgehead atoms. The molecule has 0 fully saturated rings. The van der Waals surface area contributed by atoms with Crippen molar-refractivity contribution in [3.63, 3.8) is 0 Å². The van der Waals surface area contributed by atoms with Gasteiger partial charge in [0, 0.05) is 19.3 Å². The molecule has 44 heavy (non-hydrogen) atoms. The summed E-state index contributed by atoms with van der Waals surface area (Å²) in [5, 5.41) is 13.6. The minimum absolute atomic E-state index is 0.155. The smallest absolute Gasteiger partial charge is 0.245 e. The number of rotatable bonds is 22. The molecule has 8 nitrogen and oxygen atoms in total. The van der Waals surface area contributed by atoms with Gasteiger partial charge in [-0.15, -0.1) is 0 Å². The van der Waals surface area contributed by atoms with E-state index in [0.717, 1.165) is 29.3 Å². The van der Waals surface area contributed by atoms with E-state index in [0.29, 0.717) is 44.2 Å². The Hall–Kier alpha value is -2.65. The van der Waals surface area contributed by atoms with Gasteiger partial charge in [-0.05, 0) is 86.0 Å². The van der Waals surface area contributed by atoms with E-state index in [4.69, 9.17) is 18.6 Å². The first kappa shape index (κ1) is 35.8. The highest BCUT2D eigenvalue weighted by molar-refractivity contribution is 7.57. The number of unbranched alkanes of at least 4 members (excludes halogenated alkanes) is 1. The van der Waals surface area contributed by atoms with Crippen molar-refractivity contribution in [1.29, 1.82) is 0 Å². The third kappa shape index (κ3) is 14.9. The monoisotopic (exact) mass is 643 g/mol.